The summed E-state index contributed by atoms with van der Waals surface area (Å²) in [4.78, 5) is 19.3. The number of hydrogen-bond acceptors (Lipinski definition) is 3. The minimum atomic E-state index is -0.508. The predicted octanol–water partition coefficient (Wildman–Crippen LogP) is 2.33. The van der Waals surface area contributed by atoms with Gasteiger partial charge in [0.2, 0.25) is 0 Å². The Bertz CT molecular complexity index is 512. The number of amides is 1. The van der Waals surface area contributed by atoms with Crippen LogP contribution in [0.15, 0.2) is 47.2 Å². The van der Waals surface area contributed by atoms with Gasteiger partial charge in [-0.05, 0) is 34.1 Å². The van der Waals surface area contributed by atoms with Gasteiger partial charge in [-0.2, -0.15) is 0 Å². The van der Waals surface area contributed by atoms with Crippen LogP contribution < -0.4 is 9.74 Å². The molecule has 0 aliphatic heterocycles. The van der Waals surface area contributed by atoms with E-state index >= 15 is 0 Å². The van der Waals surface area contributed by atoms with E-state index in [0.717, 1.165) is 10.5 Å². The van der Waals surface area contributed by atoms with Crippen molar-refractivity contribution in [2.45, 2.75) is 0 Å². The summed E-state index contributed by atoms with van der Waals surface area (Å²) in [5.74, 6) is 0. The first-order chi connectivity index (χ1) is 8.16. The minimum Gasteiger partial charge on any atom is -0.299 e. The van der Waals surface area contributed by atoms with E-state index in [1.807, 2.05) is 30.3 Å². The van der Waals surface area contributed by atoms with Crippen LogP contribution in [0.1, 0.15) is 0 Å². The standard InChI is InChI=1S/C11H10BrN3O2/c1-14(9-5-3-2-4-6-9)11(16)17-15-8-7-10(12)13-15/h2-8H,1H3. The number of nitrogens with zero attached hydrogens (tertiary/aromatic N) is 3. The number of aromatic nitrogens is 2. The van der Waals surface area contributed by atoms with Crippen LogP contribution in [0.2, 0.25) is 0 Å². The zero-order chi connectivity index (χ0) is 12.3. The highest BCUT2D eigenvalue weighted by Crippen LogP contribution is 2.11. The lowest BCUT2D eigenvalue weighted by Crippen LogP contribution is -2.34. The molecule has 0 saturated heterocycles. The van der Waals surface area contributed by atoms with Crippen LogP contribution in [0.5, 0.6) is 0 Å². The lowest BCUT2D eigenvalue weighted by molar-refractivity contribution is 0.123. The zero-order valence-corrected chi connectivity index (χ0v) is 10.7. The van der Waals surface area contributed by atoms with Gasteiger partial charge in [-0.1, -0.05) is 23.0 Å². The van der Waals surface area contributed by atoms with Crippen LogP contribution in [0.25, 0.3) is 0 Å². The van der Waals surface area contributed by atoms with E-state index in [1.165, 1.54) is 4.90 Å². The van der Waals surface area contributed by atoms with Gasteiger partial charge in [0.05, 0.1) is 6.20 Å². The van der Waals surface area contributed by atoms with Crippen LogP contribution >= 0.6 is 15.9 Å². The molecule has 1 heterocycles. The lowest BCUT2D eigenvalue weighted by atomic mass is 10.3. The van der Waals surface area contributed by atoms with Gasteiger partial charge in [0.25, 0.3) is 0 Å². The van der Waals surface area contributed by atoms with E-state index in [4.69, 9.17) is 4.84 Å². The Morgan fingerprint density at radius 2 is 2.06 bits per heavy atom. The van der Waals surface area contributed by atoms with Gasteiger partial charge in [0.15, 0.2) is 0 Å². The minimum absolute atomic E-state index is 0.508. The second-order valence-electron chi connectivity index (χ2n) is 3.29. The van der Waals surface area contributed by atoms with Crippen molar-refractivity contribution in [3.63, 3.8) is 0 Å². The number of halogens is 1. The van der Waals surface area contributed by atoms with Gasteiger partial charge in [0, 0.05) is 12.7 Å². The van der Waals surface area contributed by atoms with Gasteiger partial charge in [-0.3, -0.25) is 9.74 Å². The van der Waals surface area contributed by atoms with Crippen molar-refractivity contribution in [2.75, 3.05) is 11.9 Å². The van der Waals surface area contributed by atoms with E-state index in [2.05, 4.69) is 21.0 Å². The van der Waals surface area contributed by atoms with Crippen LogP contribution in [0.3, 0.4) is 0 Å². The molecule has 0 N–H and O–H groups in total. The number of anilines is 1. The van der Waals surface area contributed by atoms with Crippen molar-refractivity contribution in [3.8, 4) is 0 Å². The molecule has 0 radical (unpaired) electrons. The highest BCUT2D eigenvalue weighted by atomic mass is 79.9. The Hall–Kier alpha value is -1.82. The fourth-order valence-corrected chi connectivity index (χ4v) is 1.51. The topological polar surface area (TPSA) is 47.4 Å². The van der Waals surface area contributed by atoms with E-state index in [0.29, 0.717) is 4.60 Å². The van der Waals surface area contributed by atoms with E-state index in [9.17, 15) is 4.79 Å². The Morgan fingerprint density at radius 3 is 2.65 bits per heavy atom. The SMILES string of the molecule is CN(C(=O)On1ccc(Br)n1)c1ccccc1. The molecule has 1 amide bonds. The molecule has 0 unspecified atom stereocenters. The van der Waals surface area contributed by atoms with Gasteiger partial charge < -0.3 is 0 Å². The Kier molecular flexibility index (Phi) is 3.43. The molecular weight excluding hydrogens is 286 g/mol. The second kappa shape index (κ2) is 5.01. The van der Waals surface area contributed by atoms with Crippen LogP contribution in [-0.4, -0.2) is 23.1 Å². The molecule has 0 aliphatic rings. The molecule has 88 valence electrons. The van der Waals surface area contributed by atoms with E-state index in [1.54, 1.807) is 19.3 Å². The van der Waals surface area contributed by atoms with Crippen molar-refractivity contribution < 1.29 is 9.63 Å². The summed E-state index contributed by atoms with van der Waals surface area (Å²) in [6.45, 7) is 0. The average Bonchev–Trinajstić information content (AvgIpc) is 2.75. The van der Waals surface area contributed by atoms with E-state index in [-0.39, 0.29) is 0 Å². The molecule has 0 saturated carbocycles. The van der Waals surface area contributed by atoms with Crippen molar-refractivity contribution in [1.82, 2.24) is 9.94 Å². The monoisotopic (exact) mass is 295 g/mol. The van der Waals surface area contributed by atoms with Gasteiger partial charge in [-0.15, -0.1) is 5.10 Å². The molecule has 0 atom stereocenters. The summed E-state index contributed by atoms with van der Waals surface area (Å²) in [7, 11) is 1.64. The summed E-state index contributed by atoms with van der Waals surface area (Å²) in [6.07, 6.45) is 1.03. The molecule has 1 aromatic heterocycles. The Labute approximate surface area is 107 Å². The zero-order valence-electron chi connectivity index (χ0n) is 9.08. The Morgan fingerprint density at radius 1 is 1.35 bits per heavy atom. The first-order valence-corrected chi connectivity index (χ1v) is 5.68. The summed E-state index contributed by atoms with van der Waals surface area (Å²) in [5.41, 5.74) is 0.753. The highest BCUT2D eigenvalue weighted by molar-refractivity contribution is 9.10. The maximum Gasteiger partial charge on any atom is 0.440 e. The molecule has 0 fully saturated rings. The first kappa shape index (κ1) is 11.7. The molecule has 0 bridgehead atoms. The summed E-state index contributed by atoms with van der Waals surface area (Å²) >= 11 is 3.17. The molecule has 6 heteroatoms. The molecule has 2 aromatic rings. The van der Waals surface area contributed by atoms with Crippen molar-refractivity contribution in [2.24, 2.45) is 0 Å². The van der Waals surface area contributed by atoms with Crippen LogP contribution in [0, 0.1) is 0 Å². The largest absolute Gasteiger partial charge is 0.440 e. The smallest absolute Gasteiger partial charge is 0.299 e. The molecule has 5 nitrogen and oxygen atoms in total. The number of carbonyl (C=O) groups excluding carboxylic acids is 1. The molecular formula is C11H10BrN3O2. The number of rotatable bonds is 2. The number of hydrogen-bond donors (Lipinski definition) is 0. The molecule has 1 aromatic carbocycles. The van der Waals surface area contributed by atoms with Gasteiger partial charge >= 0.3 is 6.09 Å². The predicted molar refractivity (Wildman–Crippen MR) is 66.7 cm³/mol. The molecule has 2 rings (SSSR count). The van der Waals surface area contributed by atoms with Crippen molar-refractivity contribution in [3.05, 3.63) is 47.2 Å². The van der Waals surface area contributed by atoms with Gasteiger partial charge in [-0.25, -0.2) is 4.79 Å². The third-order valence-electron chi connectivity index (χ3n) is 2.12. The molecule has 0 spiro atoms. The van der Waals surface area contributed by atoms with Crippen LogP contribution in [0.4, 0.5) is 10.5 Å². The summed E-state index contributed by atoms with van der Waals surface area (Å²) < 4.78 is 0.604. The number of para-hydroxylation sites is 1. The maximum atomic E-state index is 11.7. The highest BCUT2D eigenvalue weighted by Gasteiger charge is 2.13. The number of benzene rings is 1. The third kappa shape index (κ3) is 2.85. The normalized spacial score (nSPS) is 10.0. The second-order valence-corrected chi connectivity index (χ2v) is 4.11. The van der Waals surface area contributed by atoms with Crippen LogP contribution in [-0.2, 0) is 0 Å². The Balaban J connectivity index is 2.06. The molecule has 17 heavy (non-hydrogen) atoms. The average molecular weight is 296 g/mol. The summed E-state index contributed by atoms with van der Waals surface area (Å²) in [5, 5.41) is 3.89. The van der Waals surface area contributed by atoms with Gasteiger partial charge in [0.1, 0.15) is 4.60 Å². The first-order valence-electron chi connectivity index (χ1n) is 4.89. The van der Waals surface area contributed by atoms with Crippen molar-refractivity contribution >= 4 is 27.7 Å². The summed E-state index contributed by atoms with van der Waals surface area (Å²) in [6, 6.07) is 10.9. The van der Waals surface area contributed by atoms with E-state index < -0.39 is 6.09 Å². The molecule has 0 aliphatic carbocycles. The maximum absolute atomic E-state index is 11.7. The lowest BCUT2D eigenvalue weighted by Gasteiger charge is -2.15. The van der Waals surface area contributed by atoms with Crippen molar-refractivity contribution in [1.29, 1.82) is 0 Å². The third-order valence-corrected chi connectivity index (χ3v) is 2.55. The number of carbonyl (C=O) groups is 1. The quantitative estimate of drug-likeness (QED) is 0.854. The fourth-order valence-electron chi connectivity index (χ4n) is 1.24. The fraction of sp³-hybridized carbons (Fsp3) is 0.0909.